The molecule has 0 N–H and O–H groups in total. The number of para-hydroxylation sites is 1. The van der Waals surface area contributed by atoms with Crippen molar-refractivity contribution in [1.82, 2.24) is 14.8 Å². The minimum atomic E-state index is -0.280. The molecule has 0 radical (unpaired) electrons. The summed E-state index contributed by atoms with van der Waals surface area (Å²) in [5.74, 6) is -0.280. The van der Waals surface area contributed by atoms with Crippen molar-refractivity contribution in [3.05, 3.63) is 93.6 Å². The molecule has 5 aromatic rings. The summed E-state index contributed by atoms with van der Waals surface area (Å²) in [5.41, 5.74) is 4.23. The van der Waals surface area contributed by atoms with Gasteiger partial charge in [-0.1, -0.05) is 30.3 Å². The van der Waals surface area contributed by atoms with Gasteiger partial charge >= 0.3 is 0 Å². The summed E-state index contributed by atoms with van der Waals surface area (Å²) in [6, 6.07) is 16.7. The molecule has 0 amide bonds. The maximum atomic E-state index is 13.5. The van der Waals surface area contributed by atoms with Crippen LogP contribution in [0.15, 0.2) is 71.0 Å². The molecule has 6 heteroatoms. The fraction of sp³-hybridized carbons (Fsp3) is 0.125. The van der Waals surface area contributed by atoms with Gasteiger partial charge in [-0.2, -0.15) is 5.10 Å². The molecule has 0 unspecified atom stereocenters. The minimum absolute atomic E-state index is 0.131. The van der Waals surface area contributed by atoms with Crippen LogP contribution in [-0.4, -0.2) is 14.8 Å². The normalized spacial score (nSPS) is 11.4. The molecule has 0 saturated heterocycles. The van der Waals surface area contributed by atoms with Gasteiger partial charge in [0.15, 0.2) is 0 Å². The second-order valence-corrected chi connectivity index (χ2v) is 8.18. The van der Waals surface area contributed by atoms with Crippen molar-refractivity contribution in [3.8, 4) is 11.1 Å². The molecule has 5 rings (SSSR count). The fourth-order valence-corrected chi connectivity index (χ4v) is 4.66. The maximum absolute atomic E-state index is 13.5. The Morgan fingerprint density at radius 2 is 1.93 bits per heavy atom. The van der Waals surface area contributed by atoms with Crippen LogP contribution in [0.2, 0.25) is 0 Å². The number of aromatic nitrogens is 3. The molecule has 0 atom stereocenters. The molecule has 0 spiro atoms. The highest BCUT2D eigenvalue weighted by Crippen LogP contribution is 2.33. The average molecular weight is 415 g/mol. The standard InChI is InChI=1S/C24H18FN3OS/c1-15-12-17(25)7-9-19(15)20-14-30-22-13-26-28(24(29)23(20)22)11-10-18-8-6-16-4-2-3-5-21(16)27-18/h2-9,12-14H,10-11H2,1H3. The van der Waals surface area contributed by atoms with Crippen molar-refractivity contribution in [2.45, 2.75) is 19.9 Å². The Bertz CT molecular complexity index is 1450. The van der Waals surface area contributed by atoms with Crippen LogP contribution < -0.4 is 5.56 Å². The predicted octanol–water partition coefficient (Wildman–Crippen LogP) is 5.36. The van der Waals surface area contributed by atoms with Crippen LogP contribution in [0.25, 0.3) is 32.1 Å². The number of aryl methyl sites for hydroxylation is 3. The summed E-state index contributed by atoms with van der Waals surface area (Å²) in [6.45, 7) is 2.30. The van der Waals surface area contributed by atoms with E-state index in [1.807, 2.05) is 48.7 Å². The van der Waals surface area contributed by atoms with Crippen molar-refractivity contribution < 1.29 is 4.39 Å². The zero-order valence-electron chi connectivity index (χ0n) is 16.3. The van der Waals surface area contributed by atoms with Gasteiger partial charge in [0, 0.05) is 28.4 Å². The lowest BCUT2D eigenvalue weighted by atomic mass is 10.0. The van der Waals surface area contributed by atoms with Gasteiger partial charge in [-0.25, -0.2) is 9.07 Å². The van der Waals surface area contributed by atoms with Gasteiger partial charge in [-0.15, -0.1) is 11.3 Å². The molecule has 0 saturated carbocycles. The lowest BCUT2D eigenvalue weighted by Gasteiger charge is -2.08. The van der Waals surface area contributed by atoms with E-state index in [-0.39, 0.29) is 11.4 Å². The molecule has 3 aromatic heterocycles. The summed E-state index contributed by atoms with van der Waals surface area (Å²) in [6.07, 6.45) is 2.34. The number of thiophene rings is 1. The highest BCUT2D eigenvalue weighted by atomic mass is 32.1. The Morgan fingerprint density at radius 1 is 1.07 bits per heavy atom. The molecular weight excluding hydrogens is 397 g/mol. The van der Waals surface area contributed by atoms with E-state index in [1.165, 1.54) is 28.2 Å². The van der Waals surface area contributed by atoms with E-state index in [0.717, 1.165) is 38.0 Å². The monoisotopic (exact) mass is 415 g/mol. The SMILES string of the molecule is Cc1cc(F)ccc1-c1csc2cnn(CCc3ccc4ccccc4n3)c(=O)c12. The number of rotatable bonds is 4. The van der Waals surface area contributed by atoms with Gasteiger partial charge in [0.25, 0.3) is 5.56 Å². The smallest absolute Gasteiger partial charge is 0.267 e. The molecule has 3 heterocycles. The van der Waals surface area contributed by atoms with E-state index in [2.05, 4.69) is 10.1 Å². The number of nitrogens with zero attached hydrogens (tertiary/aromatic N) is 3. The highest BCUT2D eigenvalue weighted by Gasteiger charge is 2.15. The second kappa shape index (κ2) is 7.46. The van der Waals surface area contributed by atoms with Crippen molar-refractivity contribution in [3.63, 3.8) is 0 Å². The van der Waals surface area contributed by atoms with E-state index >= 15 is 0 Å². The molecule has 30 heavy (non-hydrogen) atoms. The molecule has 0 aliphatic rings. The molecule has 0 bridgehead atoms. The number of halogens is 1. The summed E-state index contributed by atoms with van der Waals surface area (Å²) in [4.78, 5) is 17.9. The minimum Gasteiger partial charge on any atom is -0.267 e. The summed E-state index contributed by atoms with van der Waals surface area (Å²) in [5, 5.41) is 8.03. The van der Waals surface area contributed by atoms with Crippen LogP contribution in [0, 0.1) is 12.7 Å². The van der Waals surface area contributed by atoms with Crippen LogP contribution in [0.5, 0.6) is 0 Å². The van der Waals surface area contributed by atoms with E-state index in [4.69, 9.17) is 0 Å². The Morgan fingerprint density at radius 3 is 2.80 bits per heavy atom. The first-order chi connectivity index (χ1) is 14.6. The molecule has 2 aromatic carbocycles. The van der Waals surface area contributed by atoms with Crippen LogP contribution >= 0.6 is 11.3 Å². The number of hydrogen-bond acceptors (Lipinski definition) is 4. The van der Waals surface area contributed by atoms with Gasteiger partial charge in [0.1, 0.15) is 5.82 Å². The molecule has 0 fully saturated rings. The molecular formula is C24H18FN3OS. The van der Waals surface area contributed by atoms with Gasteiger partial charge in [0.05, 0.1) is 28.3 Å². The number of fused-ring (bicyclic) bond motifs is 2. The lowest BCUT2D eigenvalue weighted by Crippen LogP contribution is -2.23. The summed E-state index contributed by atoms with van der Waals surface area (Å²) >= 11 is 1.48. The first-order valence-corrected chi connectivity index (χ1v) is 10.6. The topological polar surface area (TPSA) is 47.8 Å². The van der Waals surface area contributed by atoms with Gasteiger partial charge in [-0.3, -0.25) is 9.78 Å². The Balaban J connectivity index is 1.50. The maximum Gasteiger partial charge on any atom is 0.276 e. The van der Waals surface area contributed by atoms with E-state index < -0.39 is 0 Å². The molecule has 0 aliphatic heterocycles. The third-order valence-corrected chi connectivity index (χ3v) is 6.21. The van der Waals surface area contributed by atoms with Crippen LogP contribution in [0.4, 0.5) is 4.39 Å². The van der Waals surface area contributed by atoms with Crippen LogP contribution in [-0.2, 0) is 13.0 Å². The van der Waals surface area contributed by atoms with Gasteiger partial charge in [-0.05, 0) is 42.3 Å². The third kappa shape index (κ3) is 3.29. The largest absolute Gasteiger partial charge is 0.276 e. The highest BCUT2D eigenvalue weighted by molar-refractivity contribution is 7.17. The molecule has 0 aliphatic carbocycles. The zero-order valence-corrected chi connectivity index (χ0v) is 17.1. The van der Waals surface area contributed by atoms with Crippen LogP contribution in [0.1, 0.15) is 11.3 Å². The predicted molar refractivity (Wildman–Crippen MR) is 119 cm³/mol. The second-order valence-electron chi connectivity index (χ2n) is 7.27. The third-order valence-electron chi connectivity index (χ3n) is 5.30. The lowest BCUT2D eigenvalue weighted by molar-refractivity contribution is 0.580. The van der Waals surface area contributed by atoms with Crippen molar-refractivity contribution in [2.75, 3.05) is 0 Å². The first-order valence-electron chi connectivity index (χ1n) is 9.69. The van der Waals surface area contributed by atoms with Crippen molar-refractivity contribution >= 4 is 32.3 Å². The van der Waals surface area contributed by atoms with Crippen molar-refractivity contribution in [1.29, 1.82) is 0 Å². The van der Waals surface area contributed by atoms with Crippen LogP contribution in [0.3, 0.4) is 0 Å². The fourth-order valence-electron chi connectivity index (χ4n) is 3.75. The summed E-state index contributed by atoms with van der Waals surface area (Å²) < 4.78 is 15.9. The van der Waals surface area contributed by atoms with Crippen molar-refractivity contribution in [2.24, 2.45) is 0 Å². The van der Waals surface area contributed by atoms with Gasteiger partial charge in [0.2, 0.25) is 0 Å². The Labute approximate surface area is 176 Å². The van der Waals surface area contributed by atoms with E-state index in [0.29, 0.717) is 18.4 Å². The van der Waals surface area contributed by atoms with E-state index in [1.54, 1.807) is 12.3 Å². The zero-order chi connectivity index (χ0) is 20.7. The number of benzene rings is 2. The first kappa shape index (κ1) is 18.6. The summed E-state index contributed by atoms with van der Waals surface area (Å²) in [7, 11) is 0. The molecule has 4 nitrogen and oxygen atoms in total. The van der Waals surface area contributed by atoms with E-state index in [9.17, 15) is 9.18 Å². The number of hydrogen-bond donors (Lipinski definition) is 0. The average Bonchev–Trinajstić information content (AvgIpc) is 3.18. The van der Waals surface area contributed by atoms with Gasteiger partial charge < -0.3 is 0 Å². The number of pyridine rings is 1. The Kier molecular flexibility index (Phi) is 4.64. The Hall–Kier alpha value is -3.38. The molecule has 148 valence electrons. The quantitative estimate of drug-likeness (QED) is 0.397.